The van der Waals surface area contributed by atoms with Gasteiger partial charge >= 0.3 is 0 Å². The Morgan fingerprint density at radius 1 is 1.33 bits per heavy atom. The molecule has 1 aliphatic rings. The van der Waals surface area contributed by atoms with E-state index in [9.17, 15) is 4.79 Å². The molecule has 1 saturated heterocycles. The van der Waals surface area contributed by atoms with Gasteiger partial charge in [0, 0.05) is 18.5 Å². The molecule has 1 aromatic rings. The number of carbonyl (C=O) groups excluding carboxylic acids is 1. The third-order valence-electron chi connectivity index (χ3n) is 3.57. The lowest BCUT2D eigenvalue weighted by molar-refractivity contribution is 0.0969. The minimum Gasteiger partial charge on any atom is -0.496 e. The van der Waals surface area contributed by atoms with Crippen LogP contribution in [0, 0.1) is 6.92 Å². The second kappa shape index (κ2) is 6.01. The predicted octanol–water partition coefficient (Wildman–Crippen LogP) is 2.67. The summed E-state index contributed by atoms with van der Waals surface area (Å²) in [5.74, 6) is 1.07. The lowest BCUT2D eigenvalue weighted by Crippen LogP contribution is -2.22. The highest BCUT2D eigenvalue weighted by Gasteiger charge is 2.14. The molecule has 0 unspecified atom stereocenters. The zero-order chi connectivity index (χ0) is 13.0. The van der Waals surface area contributed by atoms with Crippen molar-refractivity contribution in [3.63, 3.8) is 0 Å². The topological polar surface area (TPSA) is 29.5 Å². The van der Waals surface area contributed by atoms with Gasteiger partial charge in [0.15, 0.2) is 5.78 Å². The van der Waals surface area contributed by atoms with Crippen LogP contribution < -0.4 is 4.74 Å². The number of hydrogen-bond donors (Lipinski definition) is 0. The molecule has 0 radical (unpaired) electrons. The molecular weight excluding hydrogens is 226 g/mol. The summed E-state index contributed by atoms with van der Waals surface area (Å²) in [5, 5.41) is 0. The standard InChI is InChI=1S/C15H21NO2/c1-12-11-13(5-6-15(12)18-2)14(17)7-10-16-8-3-4-9-16/h5-6,11H,3-4,7-10H2,1-2H3. The number of methoxy groups -OCH3 is 1. The van der Waals surface area contributed by atoms with E-state index in [1.165, 1.54) is 12.8 Å². The van der Waals surface area contributed by atoms with E-state index in [2.05, 4.69) is 4.90 Å². The van der Waals surface area contributed by atoms with Gasteiger partial charge in [-0.1, -0.05) is 0 Å². The molecule has 1 aromatic carbocycles. The maximum atomic E-state index is 12.1. The van der Waals surface area contributed by atoms with Crippen LogP contribution in [0.15, 0.2) is 18.2 Å². The first-order valence-corrected chi connectivity index (χ1v) is 6.61. The Bertz CT molecular complexity index is 423. The monoisotopic (exact) mass is 247 g/mol. The molecule has 0 N–H and O–H groups in total. The molecule has 0 amide bonds. The highest BCUT2D eigenvalue weighted by Crippen LogP contribution is 2.19. The Kier molecular flexibility index (Phi) is 4.37. The predicted molar refractivity (Wildman–Crippen MR) is 72.4 cm³/mol. The van der Waals surface area contributed by atoms with Crippen molar-refractivity contribution in [2.45, 2.75) is 26.2 Å². The smallest absolute Gasteiger partial charge is 0.164 e. The van der Waals surface area contributed by atoms with Crippen molar-refractivity contribution in [3.05, 3.63) is 29.3 Å². The minimum atomic E-state index is 0.229. The van der Waals surface area contributed by atoms with Crippen molar-refractivity contribution in [1.29, 1.82) is 0 Å². The fourth-order valence-electron chi connectivity index (χ4n) is 2.46. The van der Waals surface area contributed by atoms with E-state index in [4.69, 9.17) is 4.74 Å². The normalized spacial score (nSPS) is 15.9. The third kappa shape index (κ3) is 3.10. The van der Waals surface area contributed by atoms with E-state index >= 15 is 0 Å². The van der Waals surface area contributed by atoms with Gasteiger partial charge in [0.2, 0.25) is 0 Å². The lowest BCUT2D eigenvalue weighted by atomic mass is 10.0. The Morgan fingerprint density at radius 2 is 2.06 bits per heavy atom. The van der Waals surface area contributed by atoms with Crippen LogP contribution in [0.5, 0.6) is 5.75 Å². The average Bonchev–Trinajstić information content (AvgIpc) is 2.89. The van der Waals surface area contributed by atoms with Crippen molar-refractivity contribution >= 4 is 5.78 Å². The average molecular weight is 247 g/mol. The van der Waals surface area contributed by atoms with Crippen molar-refractivity contribution in [2.24, 2.45) is 0 Å². The summed E-state index contributed by atoms with van der Waals surface area (Å²) in [6, 6.07) is 5.65. The number of Topliss-reactive ketones (excluding diaryl/α,β-unsaturated/α-hetero) is 1. The molecule has 18 heavy (non-hydrogen) atoms. The summed E-state index contributed by atoms with van der Waals surface area (Å²) < 4.78 is 5.20. The van der Waals surface area contributed by atoms with Gasteiger partial charge in [-0.2, -0.15) is 0 Å². The maximum Gasteiger partial charge on any atom is 0.164 e. The fourth-order valence-corrected chi connectivity index (χ4v) is 2.46. The van der Waals surface area contributed by atoms with Gasteiger partial charge in [0.1, 0.15) is 5.75 Å². The number of benzene rings is 1. The van der Waals surface area contributed by atoms with E-state index in [1.807, 2.05) is 25.1 Å². The second-order valence-corrected chi connectivity index (χ2v) is 4.91. The van der Waals surface area contributed by atoms with Crippen molar-refractivity contribution < 1.29 is 9.53 Å². The van der Waals surface area contributed by atoms with Gasteiger partial charge in [0.05, 0.1) is 7.11 Å². The van der Waals surface area contributed by atoms with Crippen LogP contribution in [-0.2, 0) is 0 Å². The van der Waals surface area contributed by atoms with Gasteiger partial charge in [-0.3, -0.25) is 4.79 Å². The summed E-state index contributed by atoms with van der Waals surface area (Å²) in [6.07, 6.45) is 3.16. The first-order valence-electron chi connectivity index (χ1n) is 6.61. The van der Waals surface area contributed by atoms with E-state index in [1.54, 1.807) is 7.11 Å². The molecule has 0 aliphatic carbocycles. The van der Waals surface area contributed by atoms with Crippen LogP contribution in [-0.4, -0.2) is 37.4 Å². The van der Waals surface area contributed by atoms with E-state index in [-0.39, 0.29) is 5.78 Å². The molecule has 0 bridgehead atoms. The summed E-state index contributed by atoms with van der Waals surface area (Å²) in [7, 11) is 1.65. The number of ketones is 1. The second-order valence-electron chi connectivity index (χ2n) is 4.91. The number of carbonyl (C=O) groups is 1. The zero-order valence-electron chi connectivity index (χ0n) is 11.2. The van der Waals surface area contributed by atoms with Crippen molar-refractivity contribution in [1.82, 2.24) is 4.90 Å². The van der Waals surface area contributed by atoms with Crippen LogP contribution >= 0.6 is 0 Å². The lowest BCUT2D eigenvalue weighted by Gasteiger charge is -2.13. The molecule has 98 valence electrons. The molecule has 1 fully saturated rings. The van der Waals surface area contributed by atoms with Gasteiger partial charge in [0.25, 0.3) is 0 Å². The van der Waals surface area contributed by atoms with E-state index < -0.39 is 0 Å². The number of ether oxygens (including phenoxy) is 1. The van der Waals surface area contributed by atoms with Crippen LogP contribution in [0.1, 0.15) is 35.2 Å². The first kappa shape index (κ1) is 13.1. The van der Waals surface area contributed by atoms with Gasteiger partial charge in [-0.05, 0) is 56.6 Å². The molecule has 0 spiro atoms. The summed E-state index contributed by atoms with van der Waals surface area (Å²) in [6.45, 7) is 5.16. The quantitative estimate of drug-likeness (QED) is 0.749. The molecule has 0 saturated carbocycles. The fraction of sp³-hybridized carbons (Fsp3) is 0.533. The number of rotatable bonds is 5. The molecule has 0 aromatic heterocycles. The summed E-state index contributed by atoms with van der Waals surface area (Å²) in [5.41, 5.74) is 1.82. The summed E-state index contributed by atoms with van der Waals surface area (Å²) >= 11 is 0. The van der Waals surface area contributed by atoms with Crippen LogP contribution in [0.4, 0.5) is 0 Å². The SMILES string of the molecule is COc1ccc(C(=O)CCN2CCCC2)cc1C. The highest BCUT2D eigenvalue weighted by molar-refractivity contribution is 5.96. The first-order chi connectivity index (χ1) is 8.70. The van der Waals surface area contributed by atoms with E-state index in [0.29, 0.717) is 6.42 Å². The number of hydrogen-bond acceptors (Lipinski definition) is 3. The third-order valence-corrected chi connectivity index (χ3v) is 3.57. The van der Waals surface area contributed by atoms with Crippen LogP contribution in [0.2, 0.25) is 0 Å². The van der Waals surface area contributed by atoms with Crippen LogP contribution in [0.3, 0.4) is 0 Å². The van der Waals surface area contributed by atoms with Crippen LogP contribution in [0.25, 0.3) is 0 Å². The van der Waals surface area contributed by atoms with Crippen molar-refractivity contribution in [3.8, 4) is 5.75 Å². The molecule has 1 heterocycles. The Morgan fingerprint density at radius 3 is 2.67 bits per heavy atom. The Balaban J connectivity index is 1.93. The van der Waals surface area contributed by atoms with Gasteiger partial charge < -0.3 is 9.64 Å². The van der Waals surface area contributed by atoms with Crippen molar-refractivity contribution in [2.75, 3.05) is 26.7 Å². The number of aryl methyl sites for hydroxylation is 1. The summed E-state index contributed by atoms with van der Waals surface area (Å²) in [4.78, 5) is 14.5. The molecule has 1 aliphatic heterocycles. The zero-order valence-corrected chi connectivity index (χ0v) is 11.2. The maximum absolute atomic E-state index is 12.1. The molecular formula is C15H21NO2. The van der Waals surface area contributed by atoms with Gasteiger partial charge in [-0.25, -0.2) is 0 Å². The molecule has 3 heteroatoms. The molecule has 3 nitrogen and oxygen atoms in total. The number of likely N-dealkylation sites (tertiary alicyclic amines) is 1. The molecule has 0 atom stereocenters. The Labute approximate surface area is 109 Å². The van der Waals surface area contributed by atoms with E-state index in [0.717, 1.165) is 36.5 Å². The van der Waals surface area contributed by atoms with Gasteiger partial charge in [-0.15, -0.1) is 0 Å². The number of nitrogens with zero attached hydrogens (tertiary/aromatic N) is 1. The molecule has 2 rings (SSSR count). The minimum absolute atomic E-state index is 0.229. The Hall–Kier alpha value is -1.35. The highest BCUT2D eigenvalue weighted by atomic mass is 16.5. The largest absolute Gasteiger partial charge is 0.496 e.